The molecule has 0 N–H and O–H groups in total. The molecular weight excluding hydrogens is 348 g/mol. The summed E-state index contributed by atoms with van der Waals surface area (Å²) in [6.45, 7) is 7.12. The summed E-state index contributed by atoms with van der Waals surface area (Å²) < 4.78 is 12.1. The molecule has 1 aromatic rings. The van der Waals surface area contributed by atoms with Crippen LogP contribution in [0.1, 0.15) is 97.0 Å². The van der Waals surface area contributed by atoms with Gasteiger partial charge in [-0.2, -0.15) is 0 Å². The van der Waals surface area contributed by atoms with E-state index in [1.54, 1.807) is 0 Å². The van der Waals surface area contributed by atoms with Gasteiger partial charge in [0.25, 0.3) is 0 Å². The van der Waals surface area contributed by atoms with Crippen LogP contribution >= 0.6 is 0 Å². The zero-order chi connectivity index (χ0) is 20.3. The fraction of sp³-hybridized carbons (Fsp3) is 0.720. The highest BCUT2D eigenvalue weighted by Gasteiger charge is 2.48. The summed E-state index contributed by atoms with van der Waals surface area (Å²) in [4.78, 5) is 13.0. The number of esters is 1. The average Bonchev–Trinajstić information content (AvgIpc) is 2.69. The Bertz CT molecular complexity index is 566. The molecule has 28 heavy (non-hydrogen) atoms. The summed E-state index contributed by atoms with van der Waals surface area (Å²) in [5.74, 6) is -0.129. The molecular formula is C25H40O3. The number of carbonyl (C=O) groups excluding carboxylic acids is 1. The summed E-state index contributed by atoms with van der Waals surface area (Å²) in [6.07, 6.45) is 13.1. The first-order valence-electron chi connectivity index (χ1n) is 11.3. The van der Waals surface area contributed by atoms with E-state index in [1.807, 2.05) is 32.0 Å². The number of ether oxygens (including phenoxy) is 2. The summed E-state index contributed by atoms with van der Waals surface area (Å²) in [5.41, 5.74) is -0.0874. The Morgan fingerprint density at radius 1 is 0.821 bits per heavy atom. The Balaban J connectivity index is 2.07. The van der Waals surface area contributed by atoms with Crippen LogP contribution in [0.25, 0.3) is 0 Å². The van der Waals surface area contributed by atoms with Gasteiger partial charge in [0, 0.05) is 0 Å². The lowest BCUT2D eigenvalue weighted by molar-refractivity contribution is -0.181. The minimum atomic E-state index is -0.682. The van der Waals surface area contributed by atoms with Crippen molar-refractivity contribution < 1.29 is 14.3 Å². The fourth-order valence-electron chi connectivity index (χ4n) is 3.92. The van der Waals surface area contributed by atoms with E-state index in [9.17, 15) is 4.79 Å². The number of hydrogen-bond acceptors (Lipinski definition) is 3. The van der Waals surface area contributed by atoms with Crippen LogP contribution in [0.15, 0.2) is 30.3 Å². The Kier molecular flexibility index (Phi) is 9.50. The maximum atomic E-state index is 13.0. The standard InChI is InChI=1S/C25H40O3/c1-24(2)23(26)27-20-16-11-9-7-5-4-6-8-10-15-19-25(24,3)28-21-22-17-13-12-14-18-22/h12-14,17-18H,4-11,15-16,19-21H2,1-3H3. The molecule has 1 fully saturated rings. The second-order valence-corrected chi connectivity index (χ2v) is 9.05. The topological polar surface area (TPSA) is 35.5 Å². The first kappa shape index (κ1) is 22.9. The molecule has 0 spiro atoms. The van der Waals surface area contributed by atoms with Crippen molar-refractivity contribution in [3.8, 4) is 0 Å². The van der Waals surface area contributed by atoms with Gasteiger partial charge in [-0.25, -0.2) is 0 Å². The molecule has 1 aromatic carbocycles. The van der Waals surface area contributed by atoms with E-state index < -0.39 is 11.0 Å². The largest absolute Gasteiger partial charge is 0.465 e. The first-order valence-corrected chi connectivity index (χ1v) is 11.3. The van der Waals surface area contributed by atoms with Crippen molar-refractivity contribution in [2.45, 2.75) is 104 Å². The van der Waals surface area contributed by atoms with Crippen LogP contribution in [-0.4, -0.2) is 18.2 Å². The molecule has 2 rings (SSSR count). The van der Waals surface area contributed by atoms with Gasteiger partial charge >= 0.3 is 5.97 Å². The van der Waals surface area contributed by atoms with Crippen LogP contribution in [0, 0.1) is 5.41 Å². The van der Waals surface area contributed by atoms with E-state index in [0.29, 0.717) is 13.2 Å². The van der Waals surface area contributed by atoms with Crippen molar-refractivity contribution in [1.82, 2.24) is 0 Å². The third-order valence-corrected chi connectivity index (χ3v) is 6.51. The third kappa shape index (κ3) is 6.92. The minimum absolute atomic E-state index is 0.129. The van der Waals surface area contributed by atoms with Crippen molar-refractivity contribution in [3.05, 3.63) is 35.9 Å². The van der Waals surface area contributed by atoms with Gasteiger partial charge in [-0.1, -0.05) is 88.1 Å². The second kappa shape index (κ2) is 11.6. The molecule has 1 saturated heterocycles. The minimum Gasteiger partial charge on any atom is -0.465 e. The first-order chi connectivity index (χ1) is 13.5. The lowest BCUT2D eigenvalue weighted by Crippen LogP contribution is -2.50. The molecule has 0 saturated carbocycles. The maximum Gasteiger partial charge on any atom is 0.314 e. The van der Waals surface area contributed by atoms with Crippen LogP contribution in [0.3, 0.4) is 0 Å². The average molecular weight is 389 g/mol. The maximum absolute atomic E-state index is 13.0. The Hall–Kier alpha value is -1.35. The van der Waals surface area contributed by atoms with Crippen molar-refractivity contribution in [1.29, 1.82) is 0 Å². The van der Waals surface area contributed by atoms with Crippen molar-refractivity contribution in [2.75, 3.05) is 6.61 Å². The zero-order valence-electron chi connectivity index (χ0n) is 18.3. The van der Waals surface area contributed by atoms with E-state index in [-0.39, 0.29) is 5.97 Å². The number of hydrogen-bond donors (Lipinski definition) is 0. The van der Waals surface area contributed by atoms with Gasteiger partial charge in [0.1, 0.15) is 0 Å². The van der Waals surface area contributed by atoms with Gasteiger partial charge in [-0.15, -0.1) is 0 Å². The van der Waals surface area contributed by atoms with E-state index in [4.69, 9.17) is 9.47 Å². The molecule has 1 atom stereocenters. The normalized spacial score (nSPS) is 25.8. The molecule has 3 heteroatoms. The highest BCUT2D eigenvalue weighted by atomic mass is 16.5. The van der Waals surface area contributed by atoms with Crippen LogP contribution in [0.5, 0.6) is 0 Å². The molecule has 0 amide bonds. The molecule has 0 aromatic heterocycles. The summed E-state index contributed by atoms with van der Waals surface area (Å²) in [7, 11) is 0. The van der Waals surface area contributed by atoms with Gasteiger partial charge in [0.15, 0.2) is 0 Å². The van der Waals surface area contributed by atoms with Crippen molar-refractivity contribution in [3.63, 3.8) is 0 Å². The smallest absolute Gasteiger partial charge is 0.314 e. The molecule has 0 bridgehead atoms. The lowest BCUT2D eigenvalue weighted by atomic mass is 9.72. The quantitative estimate of drug-likeness (QED) is 0.532. The molecule has 0 aliphatic carbocycles. The predicted molar refractivity (Wildman–Crippen MR) is 115 cm³/mol. The molecule has 0 radical (unpaired) electrons. The number of carbonyl (C=O) groups is 1. The van der Waals surface area contributed by atoms with Gasteiger partial charge in [-0.3, -0.25) is 4.79 Å². The van der Waals surface area contributed by atoms with Crippen LogP contribution < -0.4 is 0 Å². The molecule has 3 nitrogen and oxygen atoms in total. The Morgan fingerprint density at radius 3 is 1.96 bits per heavy atom. The monoisotopic (exact) mass is 388 g/mol. The van der Waals surface area contributed by atoms with Crippen LogP contribution in [-0.2, 0) is 20.9 Å². The van der Waals surface area contributed by atoms with E-state index in [1.165, 1.54) is 44.9 Å². The molecule has 1 aliphatic rings. The van der Waals surface area contributed by atoms with Crippen molar-refractivity contribution >= 4 is 5.97 Å². The van der Waals surface area contributed by atoms with Gasteiger partial charge < -0.3 is 9.47 Å². The number of benzene rings is 1. The number of rotatable bonds is 3. The second-order valence-electron chi connectivity index (χ2n) is 9.05. The molecule has 1 aliphatic heterocycles. The molecule has 1 heterocycles. The molecule has 1 unspecified atom stereocenters. The van der Waals surface area contributed by atoms with Crippen LogP contribution in [0.2, 0.25) is 0 Å². The highest BCUT2D eigenvalue weighted by molar-refractivity contribution is 5.77. The van der Waals surface area contributed by atoms with Crippen molar-refractivity contribution in [2.24, 2.45) is 5.41 Å². The van der Waals surface area contributed by atoms with Gasteiger partial charge in [0.05, 0.1) is 24.2 Å². The van der Waals surface area contributed by atoms with Gasteiger partial charge in [-0.05, 0) is 39.2 Å². The van der Waals surface area contributed by atoms with Crippen LogP contribution in [0.4, 0.5) is 0 Å². The Labute approximate surface area is 172 Å². The zero-order valence-corrected chi connectivity index (χ0v) is 18.3. The van der Waals surface area contributed by atoms with E-state index in [2.05, 4.69) is 19.1 Å². The predicted octanol–water partition coefficient (Wildman–Crippen LogP) is 6.84. The lowest BCUT2D eigenvalue weighted by Gasteiger charge is -2.42. The van der Waals surface area contributed by atoms with E-state index in [0.717, 1.165) is 31.2 Å². The summed E-state index contributed by atoms with van der Waals surface area (Å²) in [6, 6.07) is 10.2. The summed E-state index contributed by atoms with van der Waals surface area (Å²) >= 11 is 0. The SMILES string of the molecule is CC1(OCc2ccccc2)CCCCCCCCCCCCOC(=O)C1(C)C. The number of cyclic esters (lactones) is 1. The van der Waals surface area contributed by atoms with Gasteiger partial charge in [0.2, 0.25) is 0 Å². The third-order valence-electron chi connectivity index (χ3n) is 6.51. The summed E-state index contributed by atoms with van der Waals surface area (Å²) in [5, 5.41) is 0. The highest BCUT2D eigenvalue weighted by Crippen LogP contribution is 2.40. The van der Waals surface area contributed by atoms with E-state index >= 15 is 0 Å². The fourth-order valence-corrected chi connectivity index (χ4v) is 3.92. The molecule has 158 valence electrons. The Morgan fingerprint density at radius 2 is 1.36 bits per heavy atom.